The molecule has 4 rings (SSSR count). The van der Waals surface area contributed by atoms with Gasteiger partial charge < -0.3 is 15.0 Å². The number of hydrogen-bond acceptors (Lipinski definition) is 5. The molecular weight excluding hydrogens is 376 g/mol. The monoisotopic (exact) mass is 402 g/mol. The number of anilines is 2. The third-order valence-corrected chi connectivity index (χ3v) is 6.08. The largest absolute Gasteiger partial charge is 0.382 e. The van der Waals surface area contributed by atoms with Crippen molar-refractivity contribution in [2.45, 2.75) is 31.7 Å². The Morgan fingerprint density at radius 3 is 2.68 bits per heavy atom. The minimum Gasteiger partial charge on any atom is -0.382 e. The van der Waals surface area contributed by atoms with Gasteiger partial charge in [-0.25, -0.2) is 4.68 Å². The van der Waals surface area contributed by atoms with Gasteiger partial charge in [0.1, 0.15) is 5.02 Å². The Balaban J connectivity index is 1.39. The van der Waals surface area contributed by atoms with E-state index in [0.717, 1.165) is 58.5 Å². The van der Waals surface area contributed by atoms with E-state index in [0.29, 0.717) is 11.6 Å². The predicted octanol–water partition coefficient (Wildman–Crippen LogP) is 3.58. The first-order chi connectivity index (χ1) is 13.7. The number of rotatable bonds is 5. The molecule has 2 aliphatic rings. The van der Waals surface area contributed by atoms with Gasteiger partial charge in [-0.3, -0.25) is 4.79 Å². The van der Waals surface area contributed by atoms with E-state index in [1.807, 2.05) is 6.07 Å². The molecule has 6 nitrogen and oxygen atoms in total. The minimum absolute atomic E-state index is 0.0887. The van der Waals surface area contributed by atoms with E-state index in [4.69, 9.17) is 16.3 Å². The Morgan fingerprint density at radius 1 is 1.18 bits per heavy atom. The summed E-state index contributed by atoms with van der Waals surface area (Å²) in [5.41, 5.74) is 1.64. The van der Waals surface area contributed by atoms with Crippen LogP contribution in [0.4, 0.5) is 11.4 Å². The maximum absolute atomic E-state index is 12.8. The molecule has 2 aromatic rings. The van der Waals surface area contributed by atoms with Gasteiger partial charge in [-0.1, -0.05) is 29.8 Å². The summed E-state index contributed by atoms with van der Waals surface area (Å²) in [6, 6.07) is 10.5. The highest BCUT2D eigenvalue weighted by Crippen LogP contribution is 2.26. The number of nitrogens with zero attached hydrogens (tertiary/aromatic N) is 3. The molecule has 28 heavy (non-hydrogen) atoms. The smallest absolute Gasteiger partial charge is 0.287 e. The number of para-hydroxylation sites is 1. The second-order valence-corrected chi connectivity index (χ2v) is 8.02. The van der Waals surface area contributed by atoms with E-state index >= 15 is 0 Å². The Labute approximate surface area is 170 Å². The van der Waals surface area contributed by atoms with Crippen molar-refractivity contribution in [3.8, 4) is 0 Å². The fourth-order valence-corrected chi connectivity index (χ4v) is 4.26. The molecule has 0 radical (unpaired) electrons. The van der Waals surface area contributed by atoms with E-state index in [1.165, 1.54) is 5.69 Å². The Morgan fingerprint density at radius 2 is 1.96 bits per heavy atom. The van der Waals surface area contributed by atoms with Crippen LogP contribution in [0.25, 0.3) is 0 Å². The fraction of sp³-hybridized carbons (Fsp3) is 0.524. The second-order valence-electron chi connectivity index (χ2n) is 7.64. The van der Waals surface area contributed by atoms with Crippen LogP contribution in [0, 0.1) is 5.92 Å². The second kappa shape index (κ2) is 8.97. The quantitative estimate of drug-likeness (QED) is 0.828. The average molecular weight is 403 g/mol. The first kappa shape index (κ1) is 19.3. The van der Waals surface area contributed by atoms with E-state index < -0.39 is 0 Å². The lowest BCUT2D eigenvalue weighted by molar-refractivity contribution is 0.0595. The van der Waals surface area contributed by atoms with Crippen molar-refractivity contribution in [2.24, 2.45) is 5.92 Å². The van der Waals surface area contributed by atoms with Crippen LogP contribution in [0.15, 0.2) is 41.3 Å². The normalized spacial score (nSPS) is 20.9. The van der Waals surface area contributed by atoms with Gasteiger partial charge in [0.25, 0.3) is 5.56 Å². The number of piperidine rings is 1. The number of hydrogen-bond donors (Lipinski definition) is 1. The molecule has 1 N–H and O–H groups in total. The van der Waals surface area contributed by atoms with Crippen LogP contribution in [-0.2, 0) is 4.74 Å². The molecule has 7 heteroatoms. The minimum atomic E-state index is -0.204. The topological polar surface area (TPSA) is 59.4 Å². The van der Waals surface area contributed by atoms with Crippen LogP contribution in [0.5, 0.6) is 0 Å². The molecule has 3 heterocycles. The van der Waals surface area contributed by atoms with Crippen LogP contribution in [0.2, 0.25) is 5.02 Å². The van der Waals surface area contributed by atoms with Crippen molar-refractivity contribution < 1.29 is 4.74 Å². The molecule has 0 unspecified atom stereocenters. The summed E-state index contributed by atoms with van der Waals surface area (Å²) < 4.78 is 7.07. The highest BCUT2D eigenvalue weighted by molar-refractivity contribution is 6.32. The summed E-state index contributed by atoms with van der Waals surface area (Å²) in [6.45, 7) is 4.16. The van der Waals surface area contributed by atoms with Crippen molar-refractivity contribution in [1.82, 2.24) is 9.78 Å². The van der Waals surface area contributed by atoms with Crippen LogP contribution in [0.3, 0.4) is 0 Å². The number of aromatic nitrogens is 2. The number of ether oxygens (including phenoxy) is 1. The van der Waals surface area contributed by atoms with Crippen LogP contribution < -0.4 is 15.8 Å². The lowest BCUT2D eigenvalue weighted by Gasteiger charge is -2.33. The molecule has 0 spiro atoms. The van der Waals surface area contributed by atoms with Gasteiger partial charge in [0.2, 0.25) is 0 Å². The molecule has 0 saturated carbocycles. The molecule has 0 aliphatic carbocycles. The SMILES string of the molecule is O=c1c(Cl)c(NC[C@H]2CCCOC2)cnn1C1CCN(c2ccccc2)CC1. The van der Waals surface area contributed by atoms with E-state index in [2.05, 4.69) is 39.6 Å². The molecular formula is C21H27ClN4O2. The van der Waals surface area contributed by atoms with Crippen molar-refractivity contribution in [3.63, 3.8) is 0 Å². The molecule has 1 aromatic heterocycles. The Hall–Kier alpha value is -2.05. The molecule has 1 aromatic carbocycles. The number of halogens is 1. The van der Waals surface area contributed by atoms with E-state index in [9.17, 15) is 4.79 Å². The van der Waals surface area contributed by atoms with Crippen LogP contribution >= 0.6 is 11.6 Å². The molecule has 1 atom stereocenters. The molecule has 0 amide bonds. The van der Waals surface area contributed by atoms with Gasteiger partial charge in [0.15, 0.2) is 0 Å². The van der Waals surface area contributed by atoms with E-state index in [-0.39, 0.29) is 16.6 Å². The third-order valence-electron chi connectivity index (χ3n) is 5.71. The molecule has 0 bridgehead atoms. The van der Waals surface area contributed by atoms with Crippen molar-refractivity contribution in [1.29, 1.82) is 0 Å². The first-order valence-corrected chi connectivity index (χ1v) is 10.5. The number of benzene rings is 1. The summed E-state index contributed by atoms with van der Waals surface area (Å²) in [5, 5.41) is 7.95. The maximum Gasteiger partial charge on any atom is 0.287 e. The van der Waals surface area contributed by atoms with Crippen molar-refractivity contribution >= 4 is 23.0 Å². The summed E-state index contributed by atoms with van der Waals surface area (Å²) >= 11 is 6.38. The summed E-state index contributed by atoms with van der Waals surface area (Å²) in [4.78, 5) is 15.1. The van der Waals surface area contributed by atoms with Crippen LogP contribution in [-0.4, -0.2) is 42.6 Å². The molecule has 150 valence electrons. The van der Waals surface area contributed by atoms with Gasteiger partial charge in [-0.05, 0) is 43.7 Å². The third kappa shape index (κ3) is 4.33. The lowest BCUT2D eigenvalue weighted by Crippen LogP contribution is -2.38. The lowest BCUT2D eigenvalue weighted by atomic mass is 10.0. The molecule has 2 fully saturated rings. The highest BCUT2D eigenvalue weighted by atomic mass is 35.5. The van der Waals surface area contributed by atoms with Gasteiger partial charge in [-0.15, -0.1) is 0 Å². The van der Waals surface area contributed by atoms with Crippen LogP contribution in [0.1, 0.15) is 31.7 Å². The average Bonchev–Trinajstić information content (AvgIpc) is 2.76. The summed E-state index contributed by atoms with van der Waals surface area (Å²) in [6.07, 6.45) is 5.67. The zero-order valence-electron chi connectivity index (χ0n) is 16.0. The maximum atomic E-state index is 12.8. The predicted molar refractivity (Wildman–Crippen MR) is 112 cm³/mol. The fourth-order valence-electron chi connectivity index (χ4n) is 4.06. The molecule has 2 saturated heterocycles. The van der Waals surface area contributed by atoms with Gasteiger partial charge >= 0.3 is 0 Å². The number of nitrogens with one attached hydrogen (secondary N) is 1. The van der Waals surface area contributed by atoms with Gasteiger partial charge in [-0.2, -0.15) is 5.10 Å². The molecule has 2 aliphatic heterocycles. The van der Waals surface area contributed by atoms with Crippen molar-refractivity contribution in [2.75, 3.05) is 43.1 Å². The highest BCUT2D eigenvalue weighted by Gasteiger charge is 2.24. The zero-order chi connectivity index (χ0) is 19.3. The Kier molecular flexibility index (Phi) is 6.17. The van der Waals surface area contributed by atoms with Gasteiger partial charge in [0, 0.05) is 31.9 Å². The Bertz CT molecular complexity index is 828. The zero-order valence-corrected chi connectivity index (χ0v) is 16.8. The van der Waals surface area contributed by atoms with E-state index in [1.54, 1.807) is 10.9 Å². The summed E-state index contributed by atoms with van der Waals surface area (Å²) in [7, 11) is 0. The van der Waals surface area contributed by atoms with Crippen molar-refractivity contribution in [3.05, 3.63) is 51.9 Å². The summed E-state index contributed by atoms with van der Waals surface area (Å²) in [5.74, 6) is 0.453. The first-order valence-electron chi connectivity index (χ1n) is 10.1. The van der Waals surface area contributed by atoms with Gasteiger partial charge in [0.05, 0.1) is 24.5 Å². The standard InChI is InChI=1S/C21H27ClN4O2/c22-20-19(23-13-16-5-4-12-28-15-16)14-24-26(21(20)27)18-8-10-25(11-9-18)17-6-2-1-3-7-17/h1-3,6-7,14,16,18,23H,4-5,8-13,15H2/t16-/m1/s1.